The summed E-state index contributed by atoms with van der Waals surface area (Å²) < 4.78 is 5.21. The van der Waals surface area contributed by atoms with Gasteiger partial charge in [-0.05, 0) is 48.7 Å². The van der Waals surface area contributed by atoms with Crippen LogP contribution >= 0.6 is 0 Å². The number of likely N-dealkylation sites (tertiary alicyclic amines) is 1. The minimum atomic E-state index is -1.12. The van der Waals surface area contributed by atoms with Crippen LogP contribution in [-0.4, -0.2) is 35.8 Å². The van der Waals surface area contributed by atoms with E-state index in [1.807, 2.05) is 55.6 Å². The molecule has 3 aliphatic heterocycles. The van der Waals surface area contributed by atoms with Crippen molar-refractivity contribution in [3.8, 4) is 5.75 Å². The number of carbonyl (C=O) groups is 3. The third-order valence-electron chi connectivity index (χ3n) is 7.87. The Morgan fingerprint density at radius 2 is 1.76 bits per heavy atom. The summed E-state index contributed by atoms with van der Waals surface area (Å²) in [6, 6.07) is 11.1. The molecule has 4 atom stereocenters. The average molecular weight is 449 g/mol. The normalized spacial score (nSPS) is 28.0. The monoisotopic (exact) mass is 448 g/mol. The highest BCUT2D eigenvalue weighted by atomic mass is 16.5. The number of ether oxygens (including phenoxy) is 1. The van der Waals surface area contributed by atoms with Gasteiger partial charge in [0.2, 0.25) is 17.4 Å². The predicted octanol–water partition coefficient (Wildman–Crippen LogP) is 1.86. The molecule has 3 aliphatic rings. The minimum Gasteiger partial charge on any atom is -0.497 e. The molecule has 2 aromatic rings. The van der Waals surface area contributed by atoms with Gasteiger partial charge in [0.25, 0.3) is 5.91 Å². The average Bonchev–Trinajstić information content (AvgIpc) is 3.38. The Balaban J connectivity index is 1.59. The lowest BCUT2D eigenvalue weighted by molar-refractivity contribution is -0.738. The lowest BCUT2D eigenvalue weighted by atomic mass is 9.75. The molecule has 1 spiro atoms. The molecule has 7 nitrogen and oxygen atoms in total. The molecule has 0 bridgehead atoms. The Hall–Kier alpha value is -3.19. The Morgan fingerprint density at radius 1 is 1.06 bits per heavy atom. The Morgan fingerprint density at radius 3 is 2.39 bits per heavy atom. The lowest BCUT2D eigenvalue weighted by Crippen LogP contribution is -2.99. The number of benzene rings is 2. The molecule has 0 aromatic heterocycles. The van der Waals surface area contributed by atoms with Crippen molar-refractivity contribution in [1.82, 2.24) is 4.90 Å². The maximum atomic E-state index is 13.8. The van der Waals surface area contributed by atoms with Gasteiger partial charge in [0.1, 0.15) is 23.6 Å². The van der Waals surface area contributed by atoms with E-state index in [-0.39, 0.29) is 36.2 Å². The van der Waals surface area contributed by atoms with E-state index < -0.39 is 17.4 Å². The number of nitrogens with zero attached hydrogens (tertiary/aromatic N) is 1. The van der Waals surface area contributed by atoms with Crippen LogP contribution in [0.1, 0.15) is 36.1 Å². The lowest BCUT2D eigenvalue weighted by Gasteiger charge is -2.27. The van der Waals surface area contributed by atoms with E-state index in [0.29, 0.717) is 5.75 Å². The second kappa shape index (κ2) is 7.42. The van der Waals surface area contributed by atoms with Gasteiger partial charge >= 0.3 is 0 Å². The van der Waals surface area contributed by atoms with Gasteiger partial charge in [-0.25, -0.2) is 0 Å². The highest BCUT2D eigenvalue weighted by molar-refractivity contribution is 6.14. The van der Waals surface area contributed by atoms with Gasteiger partial charge in [-0.3, -0.25) is 19.3 Å². The zero-order chi connectivity index (χ0) is 23.7. The first kappa shape index (κ1) is 21.6. The number of nitrogens with one attached hydrogen (secondary N) is 1. The number of carbonyl (C=O) groups excluding carboxylic acids is 3. The minimum absolute atomic E-state index is 0.123. The van der Waals surface area contributed by atoms with Crippen molar-refractivity contribution in [2.75, 3.05) is 12.4 Å². The molecule has 7 heteroatoms. The maximum Gasteiger partial charge on any atom is 0.291 e. The second-order valence-corrected chi connectivity index (χ2v) is 9.86. The van der Waals surface area contributed by atoms with Gasteiger partial charge in [-0.1, -0.05) is 32.0 Å². The van der Waals surface area contributed by atoms with E-state index >= 15 is 0 Å². The van der Waals surface area contributed by atoms with Gasteiger partial charge in [-0.2, -0.15) is 0 Å². The summed E-state index contributed by atoms with van der Waals surface area (Å²) in [4.78, 5) is 42.4. The third-order valence-corrected chi connectivity index (χ3v) is 7.87. The Kier molecular flexibility index (Phi) is 4.86. The van der Waals surface area contributed by atoms with Gasteiger partial charge in [0, 0.05) is 11.5 Å². The first-order chi connectivity index (χ1) is 15.7. The SMILES string of the molecule is COc1ccc(CN2C(=O)[C@@H]3[C@@H](C(C)C)[NH2+][C@@]4(C(=O)Nc5c4ccc(C)c5C)[C@@H]3C2=O)cc1. The topological polar surface area (TPSA) is 92.3 Å². The summed E-state index contributed by atoms with van der Waals surface area (Å²) in [6.45, 7) is 8.28. The van der Waals surface area contributed by atoms with Crippen molar-refractivity contribution in [2.24, 2.45) is 17.8 Å². The van der Waals surface area contributed by atoms with Crippen molar-refractivity contribution in [3.63, 3.8) is 0 Å². The van der Waals surface area contributed by atoms with E-state index in [9.17, 15) is 14.4 Å². The number of anilines is 1. The highest BCUT2D eigenvalue weighted by Crippen LogP contribution is 2.51. The van der Waals surface area contributed by atoms with Crippen LogP contribution in [0.3, 0.4) is 0 Å². The molecule has 0 aliphatic carbocycles. The van der Waals surface area contributed by atoms with Gasteiger partial charge in [-0.15, -0.1) is 0 Å². The van der Waals surface area contributed by atoms with Crippen LogP contribution in [0.4, 0.5) is 5.69 Å². The first-order valence-electron chi connectivity index (χ1n) is 11.5. The van der Waals surface area contributed by atoms with Crippen LogP contribution in [0.15, 0.2) is 36.4 Å². The number of methoxy groups -OCH3 is 1. The van der Waals surface area contributed by atoms with E-state index in [1.54, 1.807) is 7.11 Å². The third kappa shape index (κ3) is 2.88. The number of fused-ring (bicyclic) bond motifs is 4. The molecule has 2 fully saturated rings. The van der Waals surface area contributed by atoms with Crippen molar-refractivity contribution in [3.05, 3.63) is 58.7 Å². The summed E-state index contributed by atoms with van der Waals surface area (Å²) in [5.74, 6) is -1.06. The molecule has 3 heterocycles. The van der Waals surface area contributed by atoms with Gasteiger partial charge < -0.3 is 15.4 Å². The molecular weight excluding hydrogens is 418 g/mol. The van der Waals surface area contributed by atoms with Gasteiger partial charge in [0.05, 0.1) is 19.3 Å². The van der Waals surface area contributed by atoms with Crippen LogP contribution in [0.5, 0.6) is 5.75 Å². The Labute approximate surface area is 193 Å². The van der Waals surface area contributed by atoms with E-state index in [2.05, 4.69) is 19.2 Å². The smallest absolute Gasteiger partial charge is 0.291 e. The van der Waals surface area contributed by atoms with Gasteiger partial charge in [0.15, 0.2) is 0 Å². The number of hydrogen-bond donors (Lipinski definition) is 2. The molecular formula is C26H30N3O4+. The highest BCUT2D eigenvalue weighted by Gasteiger charge is 2.74. The summed E-state index contributed by atoms with van der Waals surface area (Å²) in [5, 5.41) is 5.06. The summed E-state index contributed by atoms with van der Waals surface area (Å²) in [5.41, 5.74) is 3.42. The number of quaternary nitrogens is 1. The molecule has 33 heavy (non-hydrogen) atoms. The molecule has 5 rings (SSSR count). The van der Waals surface area contributed by atoms with E-state index in [4.69, 9.17) is 4.74 Å². The zero-order valence-electron chi connectivity index (χ0n) is 19.6. The molecule has 0 saturated carbocycles. The number of imide groups is 1. The van der Waals surface area contributed by atoms with Crippen LogP contribution < -0.4 is 15.4 Å². The molecule has 0 unspecified atom stereocenters. The van der Waals surface area contributed by atoms with Crippen molar-refractivity contribution >= 4 is 23.4 Å². The number of rotatable bonds is 4. The van der Waals surface area contributed by atoms with Crippen molar-refractivity contribution in [1.29, 1.82) is 0 Å². The largest absolute Gasteiger partial charge is 0.497 e. The van der Waals surface area contributed by atoms with Crippen LogP contribution in [0.2, 0.25) is 0 Å². The number of aryl methyl sites for hydroxylation is 1. The molecule has 2 aromatic carbocycles. The van der Waals surface area contributed by atoms with Crippen molar-refractivity contribution in [2.45, 2.75) is 45.8 Å². The number of hydrogen-bond acceptors (Lipinski definition) is 4. The van der Waals surface area contributed by atoms with Crippen molar-refractivity contribution < 1.29 is 24.4 Å². The molecule has 3 amide bonds. The molecule has 172 valence electrons. The fraction of sp³-hybridized carbons (Fsp3) is 0.423. The molecule has 3 N–H and O–H groups in total. The summed E-state index contributed by atoms with van der Waals surface area (Å²) >= 11 is 0. The fourth-order valence-corrected chi connectivity index (χ4v) is 5.94. The van der Waals surface area contributed by atoms with Crippen LogP contribution in [0.25, 0.3) is 0 Å². The summed E-state index contributed by atoms with van der Waals surface area (Å²) in [6.07, 6.45) is 0. The number of amides is 3. The standard InChI is InChI=1S/C26H29N3O4/c1-13(2)21-19-20(24(31)29(23(19)30)12-16-7-9-17(33-5)10-8-16)26(28-21)18-11-6-14(3)15(4)22(18)27-25(26)32/h6-11,13,19-21,28H,12H2,1-5H3,(H,27,32)/p+1/t19-,20-,21+,26+/m0/s1. The summed E-state index contributed by atoms with van der Waals surface area (Å²) in [7, 11) is 1.60. The molecule has 0 radical (unpaired) electrons. The predicted molar refractivity (Wildman–Crippen MR) is 122 cm³/mol. The van der Waals surface area contributed by atoms with Crippen LogP contribution in [0, 0.1) is 31.6 Å². The second-order valence-electron chi connectivity index (χ2n) is 9.86. The maximum absolute atomic E-state index is 13.8. The Bertz CT molecular complexity index is 1170. The van der Waals surface area contributed by atoms with E-state index in [0.717, 1.165) is 27.9 Å². The quantitative estimate of drug-likeness (QED) is 0.699. The fourth-order valence-electron chi connectivity index (χ4n) is 5.94. The zero-order valence-corrected chi connectivity index (χ0v) is 19.6. The van der Waals surface area contributed by atoms with E-state index in [1.165, 1.54) is 4.90 Å². The van der Waals surface area contributed by atoms with Crippen LogP contribution in [-0.2, 0) is 26.5 Å². The number of nitrogens with two attached hydrogens (primary N) is 1. The first-order valence-corrected chi connectivity index (χ1v) is 11.5. The molecule has 2 saturated heterocycles.